The summed E-state index contributed by atoms with van der Waals surface area (Å²) in [5, 5.41) is 12.3. The Hall–Kier alpha value is -2.84. The summed E-state index contributed by atoms with van der Waals surface area (Å²) in [6.45, 7) is 1.75. The fraction of sp³-hybridized carbons (Fsp3) is 0.118. The Morgan fingerprint density at radius 3 is 2.28 bits per heavy atom. The third-order valence-corrected chi connectivity index (χ3v) is 4.02. The maximum atomic E-state index is 12.1. The fourth-order valence-corrected chi connectivity index (χ4v) is 2.57. The van der Waals surface area contributed by atoms with Crippen LogP contribution in [0.2, 0.25) is 0 Å². The van der Waals surface area contributed by atoms with Gasteiger partial charge in [-0.25, -0.2) is 5.84 Å². The van der Waals surface area contributed by atoms with Gasteiger partial charge in [0.1, 0.15) is 0 Å². The zero-order valence-corrected chi connectivity index (χ0v) is 14.5. The smallest absolute Gasteiger partial charge is 0.290 e. The molecule has 25 heavy (non-hydrogen) atoms. The van der Waals surface area contributed by atoms with Crippen molar-refractivity contribution in [3.05, 3.63) is 65.7 Å². The SMILES string of the molecule is Cc1ccc(N(N)/C(=N\N)SCC(=O)c2ccccc2)cc1.O=CO. The molecule has 2 aromatic carbocycles. The zero-order valence-electron chi connectivity index (χ0n) is 13.7. The first-order chi connectivity index (χ1) is 12.0. The van der Waals surface area contributed by atoms with Gasteiger partial charge in [-0.2, -0.15) is 5.10 Å². The van der Waals surface area contributed by atoms with E-state index in [9.17, 15) is 4.79 Å². The third-order valence-electron chi connectivity index (χ3n) is 3.06. The van der Waals surface area contributed by atoms with E-state index in [0.29, 0.717) is 10.7 Å². The van der Waals surface area contributed by atoms with E-state index in [4.69, 9.17) is 21.6 Å². The van der Waals surface area contributed by atoms with E-state index in [1.807, 2.05) is 49.4 Å². The highest BCUT2D eigenvalue weighted by Crippen LogP contribution is 2.17. The number of nitrogens with zero attached hydrogens (tertiary/aromatic N) is 2. The number of benzene rings is 2. The van der Waals surface area contributed by atoms with Crippen LogP contribution in [0.3, 0.4) is 0 Å². The largest absolute Gasteiger partial charge is 0.483 e. The molecular weight excluding hydrogens is 340 g/mol. The van der Waals surface area contributed by atoms with Crippen molar-refractivity contribution in [3.63, 3.8) is 0 Å². The number of thioether (sulfide) groups is 1. The topological polar surface area (TPSA) is 122 Å². The van der Waals surface area contributed by atoms with Crippen molar-refractivity contribution in [2.75, 3.05) is 10.8 Å². The van der Waals surface area contributed by atoms with Gasteiger partial charge in [-0.3, -0.25) is 14.6 Å². The number of rotatable bonds is 4. The third kappa shape index (κ3) is 6.66. The van der Waals surface area contributed by atoms with Crippen LogP contribution in [0, 0.1) is 6.92 Å². The first-order valence-corrected chi connectivity index (χ1v) is 8.20. The second kappa shape index (κ2) is 10.8. The number of carbonyl (C=O) groups is 2. The summed E-state index contributed by atoms with van der Waals surface area (Å²) in [7, 11) is 0. The molecule has 2 aromatic rings. The van der Waals surface area contributed by atoms with Gasteiger partial charge >= 0.3 is 0 Å². The average Bonchev–Trinajstić information content (AvgIpc) is 2.64. The van der Waals surface area contributed by atoms with Gasteiger partial charge in [-0.15, -0.1) is 0 Å². The van der Waals surface area contributed by atoms with E-state index < -0.39 is 0 Å². The molecule has 132 valence electrons. The van der Waals surface area contributed by atoms with Gasteiger partial charge in [0.15, 0.2) is 5.78 Å². The molecule has 7 nitrogen and oxygen atoms in total. The first-order valence-electron chi connectivity index (χ1n) is 7.21. The molecule has 0 fully saturated rings. The first kappa shape index (κ1) is 20.2. The van der Waals surface area contributed by atoms with Crippen molar-refractivity contribution in [2.24, 2.45) is 16.8 Å². The number of hydrogen-bond acceptors (Lipinski definition) is 6. The molecule has 0 heterocycles. The molecule has 0 saturated heterocycles. The number of carboxylic acid groups (broad SMARTS) is 1. The van der Waals surface area contributed by atoms with E-state index in [-0.39, 0.29) is 18.0 Å². The molecule has 0 spiro atoms. The highest BCUT2D eigenvalue weighted by atomic mass is 32.2. The molecule has 0 amide bonds. The second-order valence-electron chi connectivity index (χ2n) is 4.80. The van der Waals surface area contributed by atoms with Gasteiger partial charge in [-0.05, 0) is 19.1 Å². The average molecular weight is 360 g/mol. The van der Waals surface area contributed by atoms with Crippen LogP contribution in [0.15, 0.2) is 59.7 Å². The lowest BCUT2D eigenvalue weighted by molar-refractivity contribution is -0.122. The Bertz CT molecular complexity index is 706. The van der Waals surface area contributed by atoms with E-state index in [2.05, 4.69) is 5.10 Å². The molecule has 2 rings (SSSR count). The van der Waals surface area contributed by atoms with Crippen LogP contribution in [-0.4, -0.2) is 28.3 Å². The molecule has 0 radical (unpaired) electrons. The molecule has 0 saturated carbocycles. The maximum absolute atomic E-state index is 12.1. The molecule has 0 atom stereocenters. The summed E-state index contributed by atoms with van der Waals surface area (Å²) in [4.78, 5) is 20.5. The molecule has 5 N–H and O–H groups in total. The molecule has 0 aliphatic rings. The highest BCUT2D eigenvalue weighted by molar-refractivity contribution is 8.14. The highest BCUT2D eigenvalue weighted by Gasteiger charge is 2.13. The van der Waals surface area contributed by atoms with E-state index in [1.165, 1.54) is 16.8 Å². The Morgan fingerprint density at radius 2 is 1.76 bits per heavy atom. The summed E-state index contributed by atoms with van der Waals surface area (Å²) in [5.74, 6) is 11.6. The monoisotopic (exact) mass is 360 g/mol. The lowest BCUT2D eigenvalue weighted by atomic mass is 10.2. The van der Waals surface area contributed by atoms with Crippen LogP contribution in [0.4, 0.5) is 5.69 Å². The van der Waals surface area contributed by atoms with Crippen molar-refractivity contribution >= 4 is 34.9 Å². The summed E-state index contributed by atoms with van der Waals surface area (Å²) in [5.41, 5.74) is 2.55. The Balaban J connectivity index is 0.000000970. The van der Waals surface area contributed by atoms with Gasteiger partial charge in [0, 0.05) is 5.56 Å². The minimum absolute atomic E-state index is 0.00376. The number of Topliss-reactive ketones (excluding diaryl/α,β-unsaturated/α-hetero) is 1. The number of anilines is 1. The Morgan fingerprint density at radius 1 is 1.20 bits per heavy atom. The molecule has 0 aliphatic heterocycles. The zero-order chi connectivity index (χ0) is 18.7. The Kier molecular flexibility index (Phi) is 8.77. The molecule has 8 heteroatoms. The van der Waals surface area contributed by atoms with Crippen LogP contribution in [0.25, 0.3) is 0 Å². The van der Waals surface area contributed by atoms with Crippen LogP contribution < -0.4 is 16.7 Å². The van der Waals surface area contributed by atoms with Crippen molar-refractivity contribution in [2.45, 2.75) is 6.92 Å². The molecule has 0 unspecified atom stereocenters. The number of carbonyl (C=O) groups excluding carboxylic acids is 1. The number of nitrogens with two attached hydrogens (primary N) is 2. The van der Waals surface area contributed by atoms with Crippen molar-refractivity contribution < 1.29 is 14.7 Å². The standard InChI is InChI=1S/C16H18N4OS.CH2O2/c1-12-7-9-14(10-8-12)20(18)16(19-17)22-11-15(21)13-5-3-2-4-6-13;2-1-3/h2-10H,11,17-18H2,1H3;1H,(H,2,3)/b19-16+;. The summed E-state index contributed by atoms with van der Waals surface area (Å²) in [6.07, 6.45) is 0. The van der Waals surface area contributed by atoms with Crippen LogP contribution in [0.5, 0.6) is 0 Å². The quantitative estimate of drug-likeness (QED) is 0.191. The van der Waals surface area contributed by atoms with Gasteiger partial charge < -0.3 is 10.9 Å². The predicted molar refractivity (Wildman–Crippen MR) is 101 cm³/mol. The minimum atomic E-state index is -0.250. The second-order valence-corrected chi connectivity index (χ2v) is 5.74. The number of hydrazine groups is 1. The number of amidine groups is 1. The fourth-order valence-electron chi connectivity index (χ4n) is 1.82. The maximum Gasteiger partial charge on any atom is 0.290 e. The van der Waals surface area contributed by atoms with E-state index in [1.54, 1.807) is 12.1 Å². The number of aryl methyl sites for hydroxylation is 1. The van der Waals surface area contributed by atoms with Gasteiger partial charge in [-0.1, -0.05) is 59.8 Å². The van der Waals surface area contributed by atoms with Crippen LogP contribution in [-0.2, 0) is 4.79 Å². The number of ketones is 1. The van der Waals surface area contributed by atoms with Crippen molar-refractivity contribution in [3.8, 4) is 0 Å². The minimum Gasteiger partial charge on any atom is -0.483 e. The van der Waals surface area contributed by atoms with Gasteiger partial charge in [0.2, 0.25) is 5.17 Å². The lowest BCUT2D eigenvalue weighted by Gasteiger charge is -2.19. The van der Waals surface area contributed by atoms with Gasteiger partial charge in [0.25, 0.3) is 6.47 Å². The molecular formula is C17H20N4O3S. The molecule has 0 aromatic heterocycles. The normalized spacial score (nSPS) is 10.4. The Labute approximate surface area is 150 Å². The number of hydrogen-bond donors (Lipinski definition) is 3. The van der Waals surface area contributed by atoms with Crippen molar-refractivity contribution in [1.82, 2.24) is 0 Å². The van der Waals surface area contributed by atoms with E-state index in [0.717, 1.165) is 11.3 Å². The van der Waals surface area contributed by atoms with Crippen LogP contribution >= 0.6 is 11.8 Å². The van der Waals surface area contributed by atoms with Crippen LogP contribution in [0.1, 0.15) is 15.9 Å². The van der Waals surface area contributed by atoms with Gasteiger partial charge in [0.05, 0.1) is 11.4 Å². The number of hydrazone groups is 1. The summed E-state index contributed by atoms with van der Waals surface area (Å²) >= 11 is 1.21. The molecule has 0 aliphatic carbocycles. The summed E-state index contributed by atoms with van der Waals surface area (Å²) in [6, 6.07) is 16.7. The lowest BCUT2D eigenvalue weighted by Crippen LogP contribution is -2.36. The van der Waals surface area contributed by atoms with E-state index >= 15 is 0 Å². The predicted octanol–water partition coefficient (Wildman–Crippen LogP) is 2.22. The summed E-state index contributed by atoms with van der Waals surface area (Å²) < 4.78 is 0. The van der Waals surface area contributed by atoms with Crippen molar-refractivity contribution in [1.29, 1.82) is 0 Å². The molecule has 0 bridgehead atoms.